The van der Waals surface area contributed by atoms with E-state index in [9.17, 15) is 0 Å². The molecule has 0 N–H and O–H groups in total. The maximum atomic E-state index is 3.77. The SMILES string of the molecule is C1=CCC=CC1.C=C1C=CCC1. The fourth-order valence-corrected chi connectivity index (χ4v) is 1.14. The Labute approximate surface area is 75.0 Å². The van der Waals surface area contributed by atoms with E-state index < -0.39 is 0 Å². The summed E-state index contributed by atoms with van der Waals surface area (Å²) in [7, 11) is 0. The lowest BCUT2D eigenvalue weighted by molar-refractivity contribution is 1.07. The van der Waals surface area contributed by atoms with Gasteiger partial charge in [0.1, 0.15) is 0 Å². The summed E-state index contributed by atoms with van der Waals surface area (Å²) in [6.45, 7) is 3.77. The van der Waals surface area contributed by atoms with E-state index >= 15 is 0 Å². The van der Waals surface area contributed by atoms with Crippen molar-refractivity contribution in [2.45, 2.75) is 25.7 Å². The Morgan fingerprint density at radius 3 is 1.67 bits per heavy atom. The molecular weight excluding hydrogens is 144 g/mol. The molecule has 0 amide bonds. The molecular formula is C12H16. The van der Waals surface area contributed by atoms with Crippen molar-refractivity contribution in [3.8, 4) is 0 Å². The van der Waals surface area contributed by atoms with Gasteiger partial charge in [-0.2, -0.15) is 0 Å². The van der Waals surface area contributed by atoms with E-state index in [0.717, 1.165) is 12.8 Å². The van der Waals surface area contributed by atoms with Crippen molar-refractivity contribution >= 4 is 0 Å². The second-order valence-corrected chi connectivity index (χ2v) is 3.01. The quantitative estimate of drug-likeness (QED) is 0.473. The molecule has 0 heteroatoms. The van der Waals surface area contributed by atoms with E-state index in [2.05, 4.69) is 43.0 Å². The van der Waals surface area contributed by atoms with E-state index in [4.69, 9.17) is 0 Å². The van der Waals surface area contributed by atoms with Crippen molar-refractivity contribution in [1.29, 1.82) is 0 Å². The maximum absolute atomic E-state index is 3.77. The largest absolute Gasteiger partial charge is 0.0958 e. The van der Waals surface area contributed by atoms with Gasteiger partial charge in [-0.15, -0.1) is 0 Å². The van der Waals surface area contributed by atoms with E-state index in [-0.39, 0.29) is 0 Å². The number of rotatable bonds is 0. The first kappa shape index (κ1) is 9.05. The number of hydrogen-bond donors (Lipinski definition) is 0. The van der Waals surface area contributed by atoms with Crippen LogP contribution in [0.25, 0.3) is 0 Å². The normalized spacial score (nSPS) is 19.2. The van der Waals surface area contributed by atoms with E-state index in [1.54, 1.807) is 0 Å². The van der Waals surface area contributed by atoms with Gasteiger partial charge in [0, 0.05) is 0 Å². The van der Waals surface area contributed by atoms with Crippen LogP contribution in [0.2, 0.25) is 0 Å². The van der Waals surface area contributed by atoms with E-state index in [1.165, 1.54) is 18.4 Å². The fraction of sp³-hybridized carbons (Fsp3) is 0.333. The molecule has 0 fully saturated rings. The molecule has 0 aromatic heterocycles. The number of hydrogen-bond acceptors (Lipinski definition) is 0. The minimum Gasteiger partial charge on any atom is -0.0958 e. The summed E-state index contributed by atoms with van der Waals surface area (Å²) in [5.41, 5.74) is 1.27. The van der Waals surface area contributed by atoms with Crippen LogP contribution in [0.4, 0.5) is 0 Å². The van der Waals surface area contributed by atoms with Crippen LogP contribution in [0.15, 0.2) is 48.6 Å². The van der Waals surface area contributed by atoms with Crippen LogP contribution >= 0.6 is 0 Å². The molecule has 0 aliphatic heterocycles. The molecule has 0 nitrogen and oxygen atoms in total. The summed E-state index contributed by atoms with van der Waals surface area (Å²) < 4.78 is 0. The second-order valence-electron chi connectivity index (χ2n) is 3.01. The molecule has 12 heavy (non-hydrogen) atoms. The Morgan fingerprint density at radius 2 is 1.50 bits per heavy atom. The molecule has 0 bridgehead atoms. The molecule has 0 aromatic carbocycles. The molecule has 0 atom stereocenters. The lowest BCUT2D eigenvalue weighted by Gasteiger charge is -1.87. The monoisotopic (exact) mass is 160 g/mol. The maximum Gasteiger partial charge on any atom is -0.0169 e. The Balaban J connectivity index is 0.000000120. The average molecular weight is 160 g/mol. The zero-order valence-corrected chi connectivity index (χ0v) is 7.50. The second kappa shape index (κ2) is 5.59. The molecule has 0 saturated heterocycles. The van der Waals surface area contributed by atoms with Gasteiger partial charge in [0.25, 0.3) is 0 Å². The van der Waals surface area contributed by atoms with Gasteiger partial charge >= 0.3 is 0 Å². The molecule has 2 rings (SSSR count). The first-order chi connectivity index (χ1) is 5.89. The van der Waals surface area contributed by atoms with Gasteiger partial charge in [0.05, 0.1) is 0 Å². The van der Waals surface area contributed by atoms with Crippen molar-refractivity contribution in [2.24, 2.45) is 0 Å². The van der Waals surface area contributed by atoms with Crippen LogP contribution < -0.4 is 0 Å². The van der Waals surface area contributed by atoms with Crippen molar-refractivity contribution in [2.75, 3.05) is 0 Å². The predicted molar refractivity (Wildman–Crippen MR) is 55.0 cm³/mol. The predicted octanol–water partition coefficient (Wildman–Crippen LogP) is 3.79. The highest BCUT2D eigenvalue weighted by Gasteiger charge is 1.91. The average Bonchev–Trinajstić information content (AvgIpc) is 2.60. The zero-order valence-electron chi connectivity index (χ0n) is 7.50. The summed E-state index contributed by atoms with van der Waals surface area (Å²) in [6.07, 6.45) is 17.6. The molecule has 2 aliphatic rings. The van der Waals surface area contributed by atoms with Gasteiger partial charge in [-0.1, -0.05) is 48.6 Å². The van der Waals surface area contributed by atoms with Crippen molar-refractivity contribution in [3.63, 3.8) is 0 Å². The van der Waals surface area contributed by atoms with Crippen molar-refractivity contribution in [3.05, 3.63) is 48.6 Å². The zero-order chi connectivity index (χ0) is 8.65. The van der Waals surface area contributed by atoms with Crippen LogP contribution in [0.5, 0.6) is 0 Å². The van der Waals surface area contributed by atoms with E-state index in [0.29, 0.717) is 0 Å². The van der Waals surface area contributed by atoms with Gasteiger partial charge in [0.15, 0.2) is 0 Å². The summed E-state index contributed by atoms with van der Waals surface area (Å²) in [6, 6.07) is 0. The lowest BCUT2D eigenvalue weighted by atomic mass is 10.2. The van der Waals surface area contributed by atoms with Crippen LogP contribution in [0.1, 0.15) is 25.7 Å². The Kier molecular flexibility index (Phi) is 4.22. The highest BCUT2D eigenvalue weighted by molar-refractivity contribution is 5.20. The Bertz CT molecular complexity index is 196. The van der Waals surface area contributed by atoms with Crippen LogP contribution in [0.3, 0.4) is 0 Å². The third-order valence-electron chi connectivity index (χ3n) is 1.86. The van der Waals surface area contributed by atoms with Gasteiger partial charge < -0.3 is 0 Å². The van der Waals surface area contributed by atoms with Gasteiger partial charge in [0.2, 0.25) is 0 Å². The third kappa shape index (κ3) is 3.97. The van der Waals surface area contributed by atoms with Crippen LogP contribution in [-0.2, 0) is 0 Å². The van der Waals surface area contributed by atoms with Gasteiger partial charge in [-0.3, -0.25) is 0 Å². The molecule has 0 saturated carbocycles. The van der Waals surface area contributed by atoms with Crippen molar-refractivity contribution in [1.82, 2.24) is 0 Å². The van der Waals surface area contributed by atoms with Crippen LogP contribution in [0, 0.1) is 0 Å². The molecule has 0 heterocycles. The molecule has 0 unspecified atom stereocenters. The topological polar surface area (TPSA) is 0 Å². The Morgan fingerprint density at radius 1 is 0.917 bits per heavy atom. The molecule has 64 valence electrons. The summed E-state index contributed by atoms with van der Waals surface area (Å²) >= 11 is 0. The lowest BCUT2D eigenvalue weighted by Crippen LogP contribution is -1.66. The first-order valence-electron chi connectivity index (χ1n) is 4.54. The fourth-order valence-electron chi connectivity index (χ4n) is 1.14. The van der Waals surface area contributed by atoms with Gasteiger partial charge in [-0.25, -0.2) is 0 Å². The van der Waals surface area contributed by atoms with Crippen LogP contribution in [-0.4, -0.2) is 0 Å². The Hall–Kier alpha value is -1.04. The number of allylic oxidation sites excluding steroid dienone is 7. The minimum absolute atomic E-state index is 1.14. The molecule has 0 aromatic rings. The molecule has 0 spiro atoms. The highest BCUT2D eigenvalue weighted by Crippen LogP contribution is 2.11. The first-order valence-corrected chi connectivity index (χ1v) is 4.54. The summed E-state index contributed by atoms with van der Waals surface area (Å²) in [5.74, 6) is 0. The smallest absolute Gasteiger partial charge is 0.0169 e. The van der Waals surface area contributed by atoms with Crippen molar-refractivity contribution < 1.29 is 0 Å². The van der Waals surface area contributed by atoms with E-state index in [1.807, 2.05) is 0 Å². The third-order valence-corrected chi connectivity index (χ3v) is 1.86. The molecule has 0 radical (unpaired) electrons. The highest BCUT2D eigenvalue weighted by atomic mass is 14.0. The minimum atomic E-state index is 1.14. The summed E-state index contributed by atoms with van der Waals surface area (Å²) in [4.78, 5) is 0. The molecule has 2 aliphatic carbocycles. The van der Waals surface area contributed by atoms with Gasteiger partial charge in [-0.05, 0) is 25.7 Å². The summed E-state index contributed by atoms with van der Waals surface area (Å²) in [5, 5.41) is 0. The standard InChI is InChI=1S/2C6H8/c1-6-4-2-3-5-6;1-2-4-6-5-3-1/h2,4H,1,3,5H2;1-2,5-6H,3-4H2.